The first-order chi connectivity index (χ1) is 19.8. The number of carbonyl (C=O) groups excluding carboxylic acids is 3. The third-order valence-corrected chi connectivity index (χ3v) is 8.23. The average Bonchev–Trinajstić information content (AvgIpc) is 2.96. The Labute approximate surface area is 242 Å². The minimum absolute atomic E-state index is 0.0593. The molecule has 2 atom stereocenters. The zero-order valence-corrected chi connectivity index (χ0v) is 24.9. The second kappa shape index (κ2) is 19.1. The maximum Gasteiger partial charge on any atom is 0.408 e. The Morgan fingerprint density at radius 1 is 0.854 bits per heavy atom. The number of ether oxygens (including phenoxy) is 1. The van der Waals surface area contributed by atoms with Crippen LogP contribution in [0.5, 0.6) is 0 Å². The highest BCUT2D eigenvalue weighted by Crippen LogP contribution is 2.48. The number of carbonyl (C=O) groups is 3. The summed E-state index contributed by atoms with van der Waals surface area (Å²) in [6.45, 7) is 3.57. The van der Waals surface area contributed by atoms with Crippen LogP contribution in [0.1, 0.15) is 57.1 Å². The van der Waals surface area contributed by atoms with Crippen molar-refractivity contribution in [2.45, 2.75) is 71.1 Å². The number of nitrogens with one attached hydrogen (secondary N) is 2. The highest BCUT2D eigenvalue weighted by atomic mass is 31.2. The van der Waals surface area contributed by atoms with Crippen LogP contribution in [0.2, 0.25) is 0 Å². The lowest BCUT2D eigenvalue weighted by Gasteiger charge is -2.22. The topological polar surface area (TPSA) is 140 Å². The van der Waals surface area contributed by atoms with Crippen molar-refractivity contribution in [3.05, 3.63) is 71.8 Å². The van der Waals surface area contributed by atoms with Crippen molar-refractivity contribution < 1.29 is 37.8 Å². The largest absolute Gasteiger partial charge is 0.445 e. The number of hydrogen-bond acceptors (Lipinski definition) is 8. The molecule has 2 amide bonds. The van der Waals surface area contributed by atoms with Gasteiger partial charge in [-0.15, -0.1) is 0 Å². The third-order valence-electron chi connectivity index (χ3n) is 6.18. The highest BCUT2D eigenvalue weighted by molar-refractivity contribution is 7.54. The SMILES string of the molecule is CCOP(=O)(CC(=O)CCCCCC(NC(=O)OCc1ccccc1)C(=O)N[C@H](CO)Cc1ccccc1)OCC. The van der Waals surface area contributed by atoms with E-state index in [1.54, 1.807) is 13.8 Å². The first-order valence-electron chi connectivity index (χ1n) is 14.1. The molecule has 0 aromatic heterocycles. The molecule has 1 unspecified atom stereocenters. The van der Waals surface area contributed by atoms with Gasteiger partial charge < -0.3 is 29.5 Å². The Hall–Kier alpha value is -3.04. The fourth-order valence-electron chi connectivity index (χ4n) is 4.20. The summed E-state index contributed by atoms with van der Waals surface area (Å²) in [4.78, 5) is 38.1. The lowest BCUT2D eigenvalue weighted by molar-refractivity contribution is -0.124. The molecule has 0 bridgehead atoms. The number of hydrogen-bond donors (Lipinski definition) is 3. The normalized spacial score (nSPS) is 12.8. The Balaban J connectivity index is 1.91. The molecule has 0 aliphatic rings. The molecule has 0 fully saturated rings. The monoisotopic (exact) mass is 590 g/mol. The minimum Gasteiger partial charge on any atom is -0.445 e. The van der Waals surface area contributed by atoms with Crippen LogP contribution in [0.15, 0.2) is 60.7 Å². The van der Waals surface area contributed by atoms with E-state index in [9.17, 15) is 24.1 Å². The van der Waals surface area contributed by atoms with Gasteiger partial charge in [-0.3, -0.25) is 14.2 Å². The summed E-state index contributed by atoms with van der Waals surface area (Å²) in [6.07, 6.45) is 1.63. The van der Waals surface area contributed by atoms with Crippen molar-refractivity contribution in [1.82, 2.24) is 10.6 Å². The molecule has 0 saturated carbocycles. The van der Waals surface area contributed by atoms with Crippen molar-refractivity contribution in [2.24, 2.45) is 0 Å². The number of unbranched alkanes of at least 4 members (excludes halogenated alkanes) is 2. The van der Waals surface area contributed by atoms with Crippen LogP contribution in [0.3, 0.4) is 0 Å². The quantitative estimate of drug-likeness (QED) is 0.148. The zero-order valence-electron chi connectivity index (χ0n) is 24.0. The second-order valence-electron chi connectivity index (χ2n) is 9.58. The van der Waals surface area contributed by atoms with Crippen LogP contribution in [-0.2, 0) is 41.0 Å². The maximum absolute atomic E-state index is 13.2. The summed E-state index contributed by atoms with van der Waals surface area (Å²) in [6, 6.07) is 17.3. The summed E-state index contributed by atoms with van der Waals surface area (Å²) >= 11 is 0. The van der Waals surface area contributed by atoms with Gasteiger partial charge in [0.15, 0.2) is 0 Å². The maximum atomic E-state index is 13.2. The molecule has 0 saturated heterocycles. The number of amides is 2. The molecule has 2 rings (SSSR count). The van der Waals surface area contributed by atoms with E-state index >= 15 is 0 Å². The molecule has 0 aliphatic carbocycles. The number of Topliss-reactive ketones (excluding diaryl/α,β-unsaturated/α-hetero) is 1. The van der Waals surface area contributed by atoms with Crippen LogP contribution in [0.25, 0.3) is 0 Å². The first kappa shape index (κ1) is 34.2. The van der Waals surface area contributed by atoms with Gasteiger partial charge >= 0.3 is 13.7 Å². The van der Waals surface area contributed by atoms with E-state index < -0.39 is 31.7 Å². The standard InChI is InChI=1S/C30H43N2O8P/c1-3-39-41(37,40-4-2)23-27(34)18-12-7-13-19-28(32-30(36)38-22-25-16-10-6-11-17-25)29(35)31-26(21-33)20-24-14-8-5-9-15-24/h5-6,8-11,14-17,26,28,33H,3-4,7,12-13,18-23H2,1-2H3,(H,31,35)(H,32,36)/t26-,28?/m0/s1. The van der Waals surface area contributed by atoms with Crippen molar-refractivity contribution in [2.75, 3.05) is 26.0 Å². The number of rotatable bonds is 20. The van der Waals surface area contributed by atoms with Gasteiger partial charge in [-0.1, -0.05) is 73.5 Å². The van der Waals surface area contributed by atoms with E-state index in [0.29, 0.717) is 32.1 Å². The smallest absolute Gasteiger partial charge is 0.408 e. The zero-order chi connectivity index (χ0) is 29.9. The molecular weight excluding hydrogens is 547 g/mol. The molecule has 3 N–H and O–H groups in total. The molecular formula is C30H43N2O8P. The van der Waals surface area contributed by atoms with Gasteiger partial charge in [0.1, 0.15) is 24.6 Å². The van der Waals surface area contributed by atoms with Gasteiger partial charge in [0.05, 0.1) is 25.9 Å². The predicted octanol–water partition coefficient (Wildman–Crippen LogP) is 4.79. The van der Waals surface area contributed by atoms with Gasteiger partial charge in [0.25, 0.3) is 0 Å². The van der Waals surface area contributed by atoms with E-state index in [-0.39, 0.29) is 44.8 Å². The van der Waals surface area contributed by atoms with E-state index in [1.807, 2.05) is 60.7 Å². The lowest BCUT2D eigenvalue weighted by Crippen LogP contribution is -2.51. The predicted molar refractivity (Wildman–Crippen MR) is 157 cm³/mol. The van der Waals surface area contributed by atoms with Crippen LogP contribution in [0.4, 0.5) is 4.79 Å². The summed E-state index contributed by atoms with van der Waals surface area (Å²) in [5, 5.41) is 15.3. The molecule has 2 aromatic carbocycles. The fourth-order valence-corrected chi connectivity index (χ4v) is 5.84. The minimum atomic E-state index is -3.43. The lowest BCUT2D eigenvalue weighted by atomic mass is 10.0. The number of ketones is 1. The third kappa shape index (κ3) is 13.9. The summed E-state index contributed by atoms with van der Waals surface area (Å²) in [5.41, 5.74) is 1.77. The molecule has 41 heavy (non-hydrogen) atoms. The van der Waals surface area contributed by atoms with E-state index in [1.165, 1.54) is 0 Å². The van der Waals surface area contributed by atoms with Crippen LogP contribution in [-0.4, -0.2) is 61.0 Å². The van der Waals surface area contributed by atoms with Gasteiger partial charge in [0.2, 0.25) is 5.91 Å². The highest BCUT2D eigenvalue weighted by Gasteiger charge is 2.27. The number of benzene rings is 2. The summed E-state index contributed by atoms with van der Waals surface area (Å²) in [7, 11) is -3.43. The Morgan fingerprint density at radius 3 is 2.05 bits per heavy atom. The molecule has 0 spiro atoms. The van der Waals surface area contributed by atoms with Crippen molar-refractivity contribution >= 4 is 25.4 Å². The molecule has 226 valence electrons. The average molecular weight is 591 g/mol. The van der Waals surface area contributed by atoms with Gasteiger partial charge in [0, 0.05) is 6.42 Å². The Bertz CT molecular complexity index is 1090. The van der Waals surface area contributed by atoms with E-state index in [2.05, 4.69) is 10.6 Å². The van der Waals surface area contributed by atoms with Crippen LogP contribution in [0, 0.1) is 0 Å². The van der Waals surface area contributed by atoms with Crippen molar-refractivity contribution in [3.8, 4) is 0 Å². The Kier molecular flexibility index (Phi) is 16.0. The molecule has 0 radical (unpaired) electrons. The number of aliphatic hydroxyl groups is 1. The Morgan fingerprint density at radius 2 is 1.46 bits per heavy atom. The fraction of sp³-hybridized carbons (Fsp3) is 0.500. The molecule has 11 heteroatoms. The van der Waals surface area contributed by atoms with Crippen LogP contribution < -0.4 is 10.6 Å². The molecule has 0 heterocycles. The number of alkyl carbamates (subject to hydrolysis) is 1. The van der Waals surface area contributed by atoms with E-state index in [0.717, 1.165) is 11.1 Å². The van der Waals surface area contributed by atoms with Gasteiger partial charge in [-0.25, -0.2) is 4.79 Å². The van der Waals surface area contributed by atoms with E-state index in [4.69, 9.17) is 13.8 Å². The van der Waals surface area contributed by atoms with Crippen molar-refractivity contribution in [1.29, 1.82) is 0 Å². The van der Waals surface area contributed by atoms with Gasteiger partial charge in [-0.05, 0) is 44.2 Å². The first-order valence-corrected chi connectivity index (χ1v) is 15.8. The second-order valence-corrected chi connectivity index (χ2v) is 11.6. The number of aliphatic hydroxyl groups excluding tert-OH is 1. The molecule has 2 aromatic rings. The molecule has 0 aliphatic heterocycles. The van der Waals surface area contributed by atoms with Gasteiger partial charge in [-0.2, -0.15) is 0 Å². The summed E-state index contributed by atoms with van der Waals surface area (Å²) in [5.74, 6) is -0.638. The van der Waals surface area contributed by atoms with Crippen molar-refractivity contribution in [3.63, 3.8) is 0 Å². The van der Waals surface area contributed by atoms with Crippen LogP contribution >= 0.6 is 7.60 Å². The molecule has 10 nitrogen and oxygen atoms in total. The summed E-state index contributed by atoms with van der Waals surface area (Å²) < 4.78 is 28.3.